The number of aromatic nitrogens is 2. The molecule has 1 aromatic heterocycles. The summed E-state index contributed by atoms with van der Waals surface area (Å²) in [4.78, 5) is 4.36. The molecule has 1 atom stereocenters. The van der Waals surface area contributed by atoms with Crippen molar-refractivity contribution < 1.29 is 4.39 Å². The molecule has 2 rings (SSSR count). The molecule has 114 valence electrons. The Kier molecular flexibility index (Phi) is 5.93. The lowest BCUT2D eigenvalue weighted by Crippen LogP contribution is -2.23. The second-order valence-electron chi connectivity index (χ2n) is 5.45. The quantitative estimate of drug-likeness (QED) is 0.756. The molecular formula is C17H24FN3. The van der Waals surface area contributed by atoms with Crippen molar-refractivity contribution in [3.63, 3.8) is 0 Å². The van der Waals surface area contributed by atoms with Crippen LogP contribution in [0.1, 0.15) is 37.1 Å². The summed E-state index contributed by atoms with van der Waals surface area (Å²) >= 11 is 0. The SMILES string of the molecule is CCCNCC(CCc1nccn1C)c1cccc(F)c1. The van der Waals surface area contributed by atoms with Crippen LogP contribution in [0.4, 0.5) is 4.39 Å². The van der Waals surface area contributed by atoms with Crippen molar-refractivity contribution >= 4 is 0 Å². The summed E-state index contributed by atoms with van der Waals surface area (Å²) in [6, 6.07) is 6.95. The Hall–Kier alpha value is -1.68. The lowest BCUT2D eigenvalue weighted by molar-refractivity contribution is 0.534. The van der Waals surface area contributed by atoms with Gasteiger partial charge in [-0.1, -0.05) is 19.1 Å². The van der Waals surface area contributed by atoms with E-state index in [0.717, 1.165) is 43.7 Å². The Bertz CT molecular complexity index is 550. The fourth-order valence-corrected chi connectivity index (χ4v) is 2.54. The first-order chi connectivity index (χ1) is 10.2. The minimum Gasteiger partial charge on any atom is -0.338 e. The van der Waals surface area contributed by atoms with Crippen LogP contribution in [0.25, 0.3) is 0 Å². The number of imidazole rings is 1. The number of halogens is 1. The zero-order valence-electron chi connectivity index (χ0n) is 12.8. The number of hydrogen-bond acceptors (Lipinski definition) is 2. The van der Waals surface area contributed by atoms with Crippen molar-refractivity contribution in [3.8, 4) is 0 Å². The minimum absolute atomic E-state index is 0.162. The third-order valence-electron chi connectivity index (χ3n) is 3.77. The van der Waals surface area contributed by atoms with Crippen molar-refractivity contribution in [2.24, 2.45) is 7.05 Å². The van der Waals surface area contributed by atoms with E-state index in [1.54, 1.807) is 12.1 Å². The second-order valence-corrected chi connectivity index (χ2v) is 5.45. The molecule has 0 aliphatic carbocycles. The van der Waals surface area contributed by atoms with Crippen LogP contribution in [0.2, 0.25) is 0 Å². The van der Waals surface area contributed by atoms with Crippen LogP contribution in [-0.4, -0.2) is 22.6 Å². The van der Waals surface area contributed by atoms with E-state index < -0.39 is 0 Å². The topological polar surface area (TPSA) is 29.9 Å². The van der Waals surface area contributed by atoms with E-state index in [2.05, 4.69) is 17.2 Å². The minimum atomic E-state index is -0.162. The van der Waals surface area contributed by atoms with Gasteiger partial charge in [0.05, 0.1) is 0 Å². The van der Waals surface area contributed by atoms with Gasteiger partial charge in [0.2, 0.25) is 0 Å². The highest BCUT2D eigenvalue weighted by Gasteiger charge is 2.13. The number of hydrogen-bond donors (Lipinski definition) is 1. The number of rotatable bonds is 8. The van der Waals surface area contributed by atoms with Gasteiger partial charge in [-0.05, 0) is 43.0 Å². The summed E-state index contributed by atoms with van der Waals surface area (Å²) in [5, 5.41) is 3.45. The van der Waals surface area contributed by atoms with Crippen molar-refractivity contribution in [3.05, 3.63) is 53.9 Å². The maximum Gasteiger partial charge on any atom is 0.123 e. The van der Waals surface area contributed by atoms with Crippen molar-refractivity contribution in [2.45, 2.75) is 32.1 Å². The van der Waals surface area contributed by atoms with Crippen LogP contribution >= 0.6 is 0 Å². The largest absolute Gasteiger partial charge is 0.338 e. The number of nitrogens with zero attached hydrogens (tertiary/aromatic N) is 2. The smallest absolute Gasteiger partial charge is 0.123 e. The van der Waals surface area contributed by atoms with Crippen LogP contribution in [-0.2, 0) is 13.5 Å². The predicted octanol–water partition coefficient (Wildman–Crippen LogP) is 3.28. The fraction of sp³-hybridized carbons (Fsp3) is 0.471. The Labute approximate surface area is 126 Å². The third kappa shape index (κ3) is 4.67. The molecule has 0 fully saturated rings. The van der Waals surface area contributed by atoms with Gasteiger partial charge in [-0.15, -0.1) is 0 Å². The number of nitrogens with one attached hydrogen (secondary N) is 1. The molecule has 1 aromatic carbocycles. The summed E-state index contributed by atoms with van der Waals surface area (Å²) < 4.78 is 15.5. The lowest BCUT2D eigenvalue weighted by Gasteiger charge is -2.18. The summed E-state index contributed by atoms with van der Waals surface area (Å²) in [7, 11) is 2.01. The molecule has 1 unspecified atom stereocenters. The first kappa shape index (κ1) is 15.7. The standard InChI is InChI=1S/C17H24FN3/c1-3-9-19-13-15(14-5-4-6-16(18)12-14)7-8-17-20-10-11-21(17)2/h4-6,10-12,15,19H,3,7-9,13H2,1-2H3. The van der Waals surface area contributed by atoms with E-state index in [-0.39, 0.29) is 5.82 Å². The van der Waals surface area contributed by atoms with Gasteiger partial charge >= 0.3 is 0 Å². The highest BCUT2D eigenvalue weighted by Crippen LogP contribution is 2.21. The average molecular weight is 289 g/mol. The van der Waals surface area contributed by atoms with Gasteiger partial charge in [0, 0.05) is 32.4 Å². The Morgan fingerprint density at radius 3 is 2.90 bits per heavy atom. The van der Waals surface area contributed by atoms with E-state index in [1.165, 1.54) is 6.07 Å². The van der Waals surface area contributed by atoms with Gasteiger partial charge in [-0.3, -0.25) is 0 Å². The molecule has 0 aliphatic heterocycles. The van der Waals surface area contributed by atoms with Gasteiger partial charge in [-0.2, -0.15) is 0 Å². The average Bonchev–Trinajstić information content (AvgIpc) is 2.88. The van der Waals surface area contributed by atoms with Gasteiger partial charge < -0.3 is 9.88 Å². The fourth-order valence-electron chi connectivity index (χ4n) is 2.54. The van der Waals surface area contributed by atoms with E-state index in [0.29, 0.717) is 5.92 Å². The molecule has 4 heteroatoms. The van der Waals surface area contributed by atoms with Crippen LogP contribution in [0.3, 0.4) is 0 Å². The lowest BCUT2D eigenvalue weighted by atomic mass is 9.93. The predicted molar refractivity (Wildman–Crippen MR) is 83.8 cm³/mol. The third-order valence-corrected chi connectivity index (χ3v) is 3.77. The summed E-state index contributed by atoms with van der Waals surface area (Å²) in [6.07, 6.45) is 6.75. The second kappa shape index (κ2) is 7.93. The summed E-state index contributed by atoms with van der Waals surface area (Å²) in [6.45, 7) is 4.02. The van der Waals surface area contributed by atoms with Crippen LogP contribution in [0.15, 0.2) is 36.7 Å². The zero-order valence-corrected chi connectivity index (χ0v) is 12.8. The Morgan fingerprint density at radius 1 is 1.38 bits per heavy atom. The molecule has 0 radical (unpaired) electrons. The van der Waals surface area contributed by atoms with Crippen molar-refractivity contribution in [1.29, 1.82) is 0 Å². The Balaban J connectivity index is 2.03. The summed E-state index contributed by atoms with van der Waals surface area (Å²) in [5.41, 5.74) is 1.06. The molecule has 0 aliphatic rings. The molecule has 0 amide bonds. The highest BCUT2D eigenvalue weighted by atomic mass is 19.1. The monoisotopic (exact) mass is 289 g/mol. The number of benzene rings is 1. The molecule has 0 bridgehead atoms. The molecule has 1 N–H and O–H groups in total. The molecule has 3 nitrogen and oxygen atoms in total. The molecule has 0 saturated heterocycles. The van der Waals surface area contributed by atoms with Crippen LogP contribution in [0.5, 0.6) is 0 Å². The van der Waals surface area contributed by atoms with Crippen LogP contribution < -0.4 is 5.32 Å². The molecule has 21 heavy (non-hydrogen) atoms. The van der Waals surface area contributed by atoms with Gasteiger partial charge in [0.1, 0.15) is 11.6 Å². The van der Waals surface area contributed by atoms with E-state index >= 15 is 0 Å². The number of aryl methyl sites for hydroxylation is 2. The maximum atomic E-state index is 13.5. The van der Waals surface area contributed by atoms with E-state index in [1.807, 2.05) is 30.1 Å². The van der Waals surface area contributed by atoms with Crippen LogP contribution in [0, 0.1) is 5.82 Å². The normalized spacial score (nSPS) is 12.5. The molecule has 0 spiro atoms. The van der Waals surface area contributed by atoms with E-state index in [9.17, 15) is 4.39 Å². The molecule has 0 saturated carbocycles. The highest BCUT2D eigenvalue weighted by molar-refractivity contribution is 5.21. The zero-order chi connectivity index (χ0) is 15.1. The molecule has 2 aromatic rings. The summed E-state index contributed by atoms with van der Waals surface area (Å²) in [5.74, 6) is 1.22. The van der Waals surface area contributed by atoms with Crippen molar-refractivity contribution in [2.75, 3.05) is 13.1 Å². The first-order valence-electron chi connectivity index (χ1n) is 7.63. The van der Waals surface area contributed by atoms with E-state index in [4.69, 9.17) is 0 Å². The molecular weight excluding hydrogens is 265 g/mol. The van der Waals surface area contributed by atoms with Crippen molar-refractivity contribution in [1.82, 2.24) is 14.9 Å². The Morgan fingerprint density at radius 2 is 2.24 bits per heavy atom. The maximum absolute atomic E-state index is 13.5. The van der Waals surface area contributed by atoms with Gasteiger partial charge in [-0.25, -0.2) is 9.37 Å². The first-order valence-corrected chi connectivity index (χ1v) is 7.63. The van der Waals surface area contributed by atoms with Gasteiger partial charge in [0.15, 0.2) is 0 Å². The van der Waals surface area contributed by atoms with Gasteiger partial charge in [0.25, 0.3) is 0 Å². The molecule has 1 heterocycles.